The molecule has 272 valence electrons. The fourth-order valence-electron chi connectivity index (χ4n) is 5.48. The fraction of sp³-hybridized carbons (Fsp3) is 0.147. The lowest BCUT2D eigenvalue weighted by Crippen LogP contribution is -2.43. The van der Waals surface area contributed by atoms with Crippen molar-refractivity contribution in [1.29, 1.82) is 0 Å². The minimum absolute atomic E-state index is 0.0153. The third kappa shape index (κ3) is 7.16. The zero-order valence-electron chi connectivity index (χ0n) is 27.7. The quantitative estimate of drug-likeness (QED) is 0.0668. The van der Waals surface area contributed by atoms with Crippen molar-refractivity contribution in [1.82, 2.24) is 30.6 Å². The minimum atomic E-state index is -1.10. The number of aromatic nitrogens is 4. The SMILES string of the molecule is CSc1nc(-c2cc(C(=O)O)ccc2C)c2c(n1)N(c1c(F)cccc1F)C(=O)NC2.CSc1nc(Cl)c2c(n1)N(c1c(F)cccc1F)C(=O)NC2. The molecule has 7 rings (SSSR count). The van der Waals surface area contributed by atoms with E-state index in [9.17, 15) is 37.1 Å². The largest absolute Gasteiger partial charge is 0.478 e. The van der Waals surface area contributed by atoms with Crippen molar-refractivity contribution in [3.63, 3.8) is 0 Å². The number of urea groups is 2. The summed E-state index contributed by atoms with van der Waals surface area (Å²) in [5.74, 6) is -4.56. The van der Waals surface area contributed by atoms with Crippen LogP contribution in [0, 0.1) is 30.2 Å². The number of benzene rings is 3. The van der Waals surface area contributed by atoms with E-state index >= 15 is 0 Å². The van der Waals surface area contributed by atoms with Gasteiger partial charge in [0.05, 0.1) is 29.9 Å². The van der Waals surface area contributed by atoms with Crippen LogP contribution in [0.15, 0.2) is 64.9 Å². The molecular formula is C34H25ClF4N8O4S2. The molecule has 4 heterocycles. The molecule has 0 fully saturated rings. The molecule has 12 nitrogen and oxygen atoms in total. The average molecular weight is 785 g/mol. The number of nitrogens with one attached hydrogen (secondary N) is 2. The van der Waals surface area contributed by atoms with Crippen LogP contribution < -0.4 is 20.4 Å². The van der Waals surface area contributed by atoms with Gasteiger partial charge >= 0.3 is 18.0 Å². The molecule has 2 aliphatic rings. The summed E-state index contributed by atoms with van der Waals surface area (Å²) in [6, 6.07) is 9.87. The number of carboxylic acids is 1. The third-order valence-corrected chi connectivity index (χ3v) is 9.38. The molecule has 0 spiro atoms. The van der Waals surface area contributed by atoms with E-state index in [1.54, 1.807) is 25.5 Å². The Bertz CT molecular complexity index is 2280. The molecule has 5 aromatic rings. The number of nitrogens with zero attached hydrogens (tertiary/aromatic N) is 6. The van der Waals surface area contributed by atoms with Crippen LogP contribution >= 0.6 is 35.1 Å². The lowest BCUT2D eigenvalue weighted by atomic mass is 9.98. The number of hydrogen-bond donors (Lipinski definition) is 3. The van der Waals surface area contributed by atoms with E-state index in [1.807, 2.05) is 0 Å². The topological polar surface area (TPSA) is 154 Å². The van der Waals surface area contributed by atoms with E-state index in [0.717, 1.165) is 39.6 Å². The molecule has 2 aromatic heterocycles. The van der Waals surface area contributed by atoms with Crippen molar-refractivity contribution in [2.45, 2.75) is 30.3 Å². The molecule has 19 heteroatoms. The molecular weight excluding hydrogens is 760 g/mol. The first kappa shape index (κ1) is 37.3. The van der Waals surface area contributed by atoms with E-state index in [1.165, 1.54) is 47.8 Å². The zero-order chi connectivity index (χ0) is 38.1. The summed E-state index contributed by atoms with van der Waals surface area (Å²) in [4.78, 5) is 55.1. The molecule has 4 amide bonds. The predicted octanol–water partition coefficient (Wildman–Crippen LogP) is 8.00. The van der Waals surface area contributed by atoms with Crippen molar-refractivity contribution in [3.8, 4) is 11.3 Å². The van der Waals surface area contributed by atoms with E-state index in [-0.39, 0.29) is 40.6 Å². The lowest BCUT2D eigenvalue weighted by Gasteiger charge is -2.30. The van der Waals surface area contributed by atoms with Gasteiger partial charge in [-0.25, -0.2) is 61.7 Å². The van der Waals surface area contributed by atoms with Gasteiger partial charge in [0, 0.05) is 11.1 Å². The number of aryl methyl sites for hydroxylation is 1. The second-order valence-corrected chi connectivity index (χ2v) is 13.0. The highest BCUT2D eigenvalue weighted by Crippen LogP contribution is 2.40. The number of fused-ring (bicyclic) bond motifs is 2. The van der Waals surface area contributed by atoms with Gasteiger partial charge in [-0.2, -0.15) is 0 Å². The van der Waals surface area contributed by atoms with E-state index in [2.05, 4.69) is 30.6 Å². The fourth-order valence-corrected chi connectivity index (χ4v) is 6.48. The number of carbonyl (C=O) groups excluding carboxylic acids is 2. The van der Waals surface area contributed by atoms with Gasteiger partial charge in [0.15, 0.2) is 21.9 Å². The van der Waals surface area contributed by atoms with Crippen molar-refractivity contribution >= 4 is 76.2 Å². The van der Waals surface area contributed by atoms with Crippen LogP contribution in [0.2, 0.25) is 5.15 Å². The van der Waals surface area contributed by atoms with Crippen LogP contribution in [-0.2, 0) is 13.1 Å². The van der Waals surface area contributed by atoms with Gasteiger partial charge in [0.1, 0.15) is 39.8 Å². The van der Waals surface area contributed by atoms with Crippen LogP contribution in [0.25, 0.3) is 11.3 Å². The monoisotopic (exact) mass is 784 g/mol. The summed E-state index contributed by atoms with van der Waals surface area (Å²) >= 11 is 8.48. The molecule has 0 unspecified atom stereocenters. The van der Waals surface area contributed by atoms with Gasteiger partial charge in [0.2, 0.25) is 0 Å². The molecule has 0 aliphatic carbocycles. The molecule has 0 radical (unpaired) electrons. The Morgan fingerprint density at radius 3 is 1.72 bits per heavy atom. The number of rotatable bonds is 6. The highest BCUT2D eigenvalue weighted by molar-refractivity contribution is 7.98. The Labute approximate surface area is 312 Å². The van der Waals surface area contributed by atoms with Gasteiger partial charge in [-0.05, 0) is 61.4 Å². The highest BCUT2D eigenvalue weighted by Gasteiger charge is 2.35. The van der Waals surface area contributed by atoms with Crippen LogP contribution in [0.4, 0.5) is 50.2 Å². The maximum atomic E-state index is 14.5. The summed E-state index contributed by atoms with van der Waals surface area (Å²) in [5, 5.41) is 15.2. The molecule has 3 N–H and O–H groups in total. The second-order valence-electron chi connectivity index (χ2n) is 11.1. The molecule has 0 atom stereocenters. The van der Waals surface area contributed by atoms with Gasteiger partial charge in [-0.3, -0.25) is 0 Å². The number of hydrogen-bond acceptors (Lipinski definition) is 9. The summed E-state index contributed by atoms with van der Waals surface area (Å²) in [5.41, 5.74) is 1.51. The minimum Gasteiger partial charge on any atom is -0.478 e. The Morgan fingerprint density at radius 1 is 0.755 bits per heavy atom. The molecule has 53 heavy (non-hydrogen) atoms. The Morgan fingerprint density at radius 2 is 1.23 bits per heavy atom. The summed E-state index contributed by atoms with van der Waals surface area (Å²) in [6.07, 6.45) is 3.46. The smallest absolute Gasteiger partial charge is 0.335 e. The lowest BCUT2D eigenvalue weighted by molar-refractivity contribution is 0.0696. The van der Waals surface area contributed by atoms with E-state index in [0.29, 0.717) is 27.5 Å². The maximum absolute atomic E-state index is 14.5. The van der Waals surface area contributed by atoms with Gasteiger partial charge in [0.25, 0.3) is 0 Å². The Hall–Kier alpha value is -5.46. The second kappa shape index (κ2) is 15.3. The summed E-state index contributed by atoms with van der Waals surface area (Å²) < 4.78 is 57.2. The van der Waals surface area contributed by atoms with Gasteiger partial charge < -0.3 is 15.7 Å². The Kier molecular flexibility index (Phi) is 10.7. The number of amides is 4. The number of thioether (sulfide) groups is 2. The van der Waals surface area contributed by atoms with Crippen molar-refractivity contribution in [3.05, 3.63) is 105 Å². The van der Waals surface area contributed by atoms with Gasteiger partial charge in [-0.1, -0.05) is 53.3 Å². The first-order valence-corrected chi connectivity index (χ1v) is 18.1. The van der Waals surface area contributed by atoms with Crippen LogP contribution in [0.1, 0.15) is 27.0 Å². The predicted molar refractivity (Wildman–Crippen MR) is 191 cm³/mol. The van der Waals surface area contributed by atoms with Crippen molar-refractivity contribution in [2.24, 2.45) is 0 Å². The van der Waals surface area contributed by atoms with Crippen molar-refractivity contribution < 1.29 is 37.1 Å². The molecule has 2 aliphatic heterocycles. The number of halogens is 5. The summed E-state index contributed by atoms with van der Waals surface area (Å²) in [6.45, 7) is 1.90. The van der Waals surface area contributed by atoms with Crippen LogP contribution in [-0.4, -0.2) is 55.6 Å². The summed E-state index contributed by atoms with van der Waals surface area (Å²) in [7, 11) is 0. The van der Waals surface area contributed by atoms with Crippen molar-refractivity contribution in [2.75, 3.05) is 22.3 Å². The molecule has 3 aromatic carbocycles. The third-order valence-electron chi connectivity index (χ3n) is 7.97. The van der Waals surface area contributed by atoms with E-state index < -0.39 is 52.7 Å². The first-order valence-electron chi connectivity index (χ1n) is 15.3. The number of aromatic carboxylic acids is 1. The van der Waals surface area contributed by atoms with Crippen LogP contribution in [0.5, 0.6) is 0 Å². The Balaban J connectivity index is 0.000000192. The standard InChI is InChI=1S/C21H16F2N4O3S.C13H9ClF2N4OS/c1-10-6-7-11(19(28)29)8-12(10)16-13-9-24-21(30)27(18(13)26-20(25-16)31-2)17-14(22)4-3-5-15(17)23;1-22-12-18-10(14)6-5-17-13(21)20(11(6)19-12)9-7(15)3-2-4-8(9)16/h3-8H,9H2,1-2H3,(H,24,30)(H,28,29);2-4H,5H2,1H3,(H,17,21). The molecule has 0 saturated carbocycles. The number of carbonyl (C=O) groups is 3. The zero-order valence-corrected chi connectivity index (χ0v) is 30.1. The van der Waals surface area contributed by atoms with Gasteiger partial charge in [-0.15, -0.1) is 0 Å². The van der Waals surface area contributed by atoms with Crippen LogP contribution in [0.3, 0.4) is 0 Å². The normalized spacial score (nSPS) is 13.4. The first-order chi connectivity index (χ1) is 25.3. The molecule has 0 saturated heterocycles. The average Bonchev–Trinajstić information content (AvgIpc) is 3.13. The number of para-hydroxylation sites is 2. The highest BCUT2D eigenvalue weighted by atomic mass is 35.5. The molecule has 0 bridgehead atoms. The van der Waals surface area contributed by atoms with E-state index in [4.69, 9.17) is 11.6 Å². The number of carboxylic acid groups (broad SMARTS) is 1. The maximum Gasteiger partial charge on any atom is 0.335 e. The number of anilines is 4.